The van der Waals surface area contributed by atoms with Gasteiger partial charge in [-0.1, -0.05) is 6.07 Å². The lowest BCUT2D eigenvalue weighted by atomic mass is 9.89. The zero-order valence-corrected chi connectivity index (χ0v) is 10.9. The molecule has 0 aliphatic carbocycles. The summed E-state index contributed by atoms with van der Waals surface area (Å²) in [5, 5.41) is 11.8. The Hall–Kier alpha value is -2.83. The molecule has 1 unspecified atom stereocenters. The van der Waals surface area contributed by atoms with Crippen LogP contribution in [0.1, 0.15) is 34.8 Å². The van der Waals surface area contributed by atoms with Gasteiger partial charge < -0.3 is 5.11 Å². The summed E-state index contributed by atoms with van der Waals surface area (Å²) in [6, 6.07) is 4.99. The van der Waals surface area contributed by atoms with E-state index in [1.807, 2.05) is 0 Å². The van der Waals surface area contributed by atoms with Gasteiger partial charge in [0.1, 0.15) is 6.33 Å². The average Bonchev–Trinajstić information content (AvgIpc) is 2.46. The van der Waals surface area contributed by atoms with Crippen molar-refractivity contribution in [2.45, 2.75) is 18.8 Å². The van der Waals surface area contributed by atoms with Crippen LogP contribution in [-0.4, -0.2) is 32.9 Å². The molecule has 2 N–H and O–H groups in total. The number of amides is 2. The normalized spacial score (nSPS) is 18.6. The highest BCUT2D eigenvalue weighted by atomic mass is 16.4. The second kappa shape index (κ2) is 4.93. The SMILES string of the molecule is O=C1CCC(c2ccc3ncnc(C(=O)O)c3c2)C(=O)N1. The first-order valence-corrected chi connectivity index (χ1v) is 6.38. The van der Waals surface area contributed by atoms with Crippen LogP contribution in [0.2, 0.25) is 0 Å². The maximum atomic E-state index is 11.9. The van der Waals surface area contributed by atoms with Crippen LogP contribution in [0.5, 0.6) is 0 Å². The van der Waals surface area contributed by atoms with Crippen molar-refractivity contribution in [3.63, 3.8) is 0 Å². The van der Waals surface area contributed by atoms with Crippen molar-refractivity contribution >= 4 is 28.7 Å². The lowest BCUT2D eigenvalue weighted by Crippen LogP contribution is -2.39. The number of carbonyl (C=O) groups excluding carboxylic acids is 2. The van der Waals surface area contributed by atoms with E-state index in [1.54, 1.807) is 18.2 Å². The summed E-state index contributed by atoms with van der Waals surface area (Å²) in [6.07, 6.45) is 1.87. The van der Waals surface area contributed by atoms with Crippen molar-refractivity contribution in [2.24, 2.45) is 0 Å². The van der Waals surface area contributed by atoms with Crippen LogP contribution in [0.3, 0.4) is 0 Å². The number of rotatable bonds is 2. The highest BCUT2D eigenvalue weighted by Crippen LogP contribution is 2.27. The second-order valence-corrected chi connectivity index (χ2v) is 4.81. The topological polar surface area (TPSA) is 109 Å². The smallest absolute Gasteiger partial charge is 0.355 e. The van der Waals surface area contributed by atoms with Crippen LogP contribution >= 0.6 is 0 Å². The van der Waals surface area contributed by atoms with Crippen molar-refractivity contribution in [3.05, 3.63) is 35.8 Å². The van der Waals surface area contributed by atoms with Crippen molar-refractivity contribution in [3.8, 4) is 0 Å². The van der Waals surface area contributed by atoms with Gasteiger partial charge in [0.2, 0.25) is 11.8 Å². The predicted octanol–water partition coefficient (Wildman–Crippen LogP) is 0.848. The van der Waals surface area contributed by atoms with Crippen molar-refractivity contribution in [2.75, 3.05) is 0 Å². The van der Waals surface area contributed by atoms with E-state index in [1.165, 1.54) is 6.33 Å². The number of benzene rings is 1. The molecule has 21 heavy (non-hydrogen) atoms. The molecule has 1 saturated heterocycles. The van der Waals surface area contributed by atoms with E-state index in [-0.39, 0.29) is 23.9 Å². The van der Waals surface area contributed by atoms with Gasteiger partial charge in [0, 0.05) is 11.8 Å². The molecule has 3 rings (SSSR count). The Morgan fingerprint density at radius 1 is 1.29 bits per heavy atom. The van der Waals surface area contributed by atoms with Crippen LogP contribution in [0.4, 0.5) is 0 Å². The molecule has 1 fully saturated rings. The Bertz CT molecular complexity index is 772. The molecule has 2 heterocycles. The number of carboxylic acid groups (broad SMARTS) is 1. The van der Waals surface area contributed by atoms with Gasteiger partial charge in [0.15, 0.2) is 5.69 Å². The first-order chi connectivity index (χ1) is 10.1. The highest BCUT2D eigenvalue weighted by molar-refractivity contribution is 6.03. The number of piperidine rings is 1. The molecule has 0 bridgehead atoms. The molecule has 1 aromatic carbocycles. The number of nitrogens with zero attached hydrogens (tertiary/aromatic N) is 2. The van der Waals surface area contributed by atoms with Gasteiger partial charge in [-0.15, -0.1) is 0 Å². The Balaban J connectivity index is 2.08. The Morgan fingerprint density at radius 2 is 2.10 bits per heavy atom. The number of imide groups is 1. The van der Waals surface area contributed by atoms with Gasteiger partial charge in [0.25, 0.3) is 0 Å². The average molecular weight is 285 g/mol. The lowest BCUT2D eigenvalue weighted by Gasteiger charge is -2.21. The molecule has 1 aliphatic heterocycles. The number of aromatic carboxylic acids is 1. The van der Waals surface area contributed by atoms with Gasteiger partial charge in [0.05, 0.1) is 11.4 Å². The minimum atomic E-state index is -1.15. The van der Waals surface area contributed by atoms with E-state index in [4.69, 9.17) is 5.11 Å². The lowest BCUT2D eigenvalue weighted by molar-refractivity contribution is -0.134. The van der Waals surface area contributed by atoms with Crippen molar-refractivity contribution < 1.29 is 19.5 Å². The summed E-state index contributed by atoms with van der Waals surface area (Å²) in [4.78, 5) is 42.0. The quantitative estimate of drug-likeness (QED) is 0.792. The molecule has 106 valence electrons. The van der Waals surface area contributed by atoms with E-state index in [0.717, 1.165) is 0 Å². The molecule has 0 radical (unpaired) electrons. The van der Waals surface area contributed by atoms with E-state index < -0.39 is 11.9 Å². The number of fused-ring (bicyclic) bond motifs is 1. The largest absolute Gasteiger partial charge is 0.476 e. The first kappa shape index (κ1) is 13.2. The molecular formula is C14H11N3O4. The number of hydrogen-bond acceptors (Lipinski definition) is 5. The fraction of sp³-hybridized carbons (Fsp3) is 0.214. The van der Waals surface area contributed by atoms with Gasteiger partial charge in [-0.2, -0.15) is 0 Å². The van der Waals surface area contributed by atoms with Crippen LogP contribution in [0.15, 0.2) is 24.5 Å². The third-order valence-corrected chi connectivity index (χ3v) is 3.50. The second-order valence-electron chi connectivity index (χ2n) is 4.81. The number of carboxylic acids is 1. The molecule has 2 aromatic rings. The van der Waals surface area contributed by atoms with E-state index in [9.17, 15) is 14.4 Å². The molecule has 7 nitrogen and oxygen atoms in total. The molecule has 7 heteroatoms. The van der Waals surface area contributed by atoms with Gasteiger partial charge in [-0.3, -0.25) is 14.9 Å². The predicted molar refractivity (Wildman–Crippen MR) is 71.6 cm³/mol. The van der Waals surface area contributed by atoms with E-state index in [2.05, 4.69) is 15.3 Å². The fourth-order valence-electron chi connectivity index (χ4n) is 2.47. The van der Waals surface area contributed by atoms with E-state index in [0.29, 0.717) is 22.9 Å². The molecule has 0 saturated carbocycles. The van der Waals surface area contributed by atoms with Crippen LogP contribution < -0.4 is 5.32 Å². The summed E-state index contributed by atoms with van der Waals surface area (Å²) in [5.74, 6) is -2.26. The van der Waals surface area contributed by atoms with Crippen LogP contribution in [0.25, 0.3) is 10.9 Å². The molecule has 0 spiro atoms. The van der Waals surface area contributed by atoms with Gasteiger partial charge >= 0.3 is 5.97 Å². The van der Waals surface area contributed by atoms with E-state index >= 15 is 0 Å². The molecule has 1 aromatic heterocycles. The Morgan fingerprint density at radius 3 is 2.81 bits per heavy atom. The highest BCUT2D eigenvalue weighted by Gasteiger charge is 2.28. The van der Waals surface area contributed by atoms with Crippen molar-refractivity contribution in [1.82, 2.24) is 15.3 Å². The minimum Gasteiger partial charge on any atom is -0.476 e. The zero-order valence-electron chi connectivity index (χ0n) is 10.9. The maximum Gasteiger partial charge on any atom is 0.355 e. The summed E-state index contributed by atoms with van der Waals surface area (Å²) in [6.45, 7) is 0. The first-order valence-electron chi connectivity index (χ1n) is 6.38. The zero-order chi connectivity index (χ0) is 15.0. The van der Waals surface area contributed by atoms with Crippen LogP contribution in [0, 0.1) is 0 Å². The summed E-state index contributed by atoms with van der Waals surface area (Å²) in [5.41, 5.74) is 1.05. The van der Waals surface area contributed by atoms with Crippen LogP contribution in [-0.2, 0) is 9.59 Å². The number of hydrogen-bond donors (Lipinski definition) is 2. The Kier molecular flexibility index (Phi) is 3.09. The number of carbonyl (C=O) groups is 3. The molecule has 1 aliphatic rings. The summed E-state index contributed by atoms with van der Waals surface area (Å²) in [7, 11) is 0. The number of aromatic nitrogens is 2. The standard InChI is InChI=1S/C14H11N3O4/c18-11-4-2-8(13(19)17-11)7-1-3-10-9(5-7)12(14(20)21)16-6-15-10/h1,3,5-6,8H,2,4H2,(H,20,21)(H,17,18,19). The van der Waals surface area contributed by atoms with Gasteiger partial charge in [-0.25, -0.2) is 14.8 Å². The maximum absolute atomic E-state index is 11.9. The Labute approximate surface area is 119 Å². The molecular weight excluding hydrogens is 274 g/mol. The molecule has 1 atom stereocenters. The summed E-state index contributed by atoms with van der Waals surface area (Å²) < 4.78 is 0. The molecule has 2 amide bonds. The third kappa shape index (κ3) is 2.33. The van der Waals surface area contributed by atoms with Gasteiger partial charge in [-0.05, 0) is 24.1 Å². The fourth-order valence-corrected chi connectivity index (χ4v) is 2.47. The third-order valence-electron chi connectivity index (χ3n) is 3.50. The number of nitrogens with one attached hydrogen (secondary N) is 1. The minimum absolute atomic E-state index is 0.103. The monoisotopic (exact) mass is 285 g/mol. The summed E-state index contributed by atoms with van der Waals surface area (Å²) >= 11 is 0. The van der Waals surface area contributed by atoms with Crippen molar-refractivity contribution in [1.29, 1.82) is 0 Å².